The molecule has 0 bridgehead atoms. The first-order chi connectivity index (χ1) is 12.1. The lowest BCUT2D eigenvalue weighted by Crippen LogP contribution is -2.14. The number of nitrogens with zero attached hydrogens (tertiary/aromatic N) is 1. The Labute approximate surface area is 150 Å². The van der Waals surface area contributed by atoms with Crippen LogP contribution in [0.1, 0.15) is 15.9 Å². The quantitative estimate of drug-likeness (QED) is 0.738. The number of amides is 1. The van der Waals surface area contributed by atoms with Crippen LogP contribution < -0.4 is 14.8 Å². The standard InChI is InChI=1S/C19H18N2O3S/c1-12-7-9-13(10-8-12)14-11-25-19(20-14)21-18(22)17-15(23-2)5-4-6-16(17)24-3/h4-11H,1-3H3,(H,20,21,22). The highest BCUT2D eigenvalue weighted by Gasteiger charge is 2.19. The highest BCUT2D eigenvalue weighted by molar-refractivity contribution is 7.14. The summed E-state index contributed by atoms with van der Waals surface area (Å²) in [6, 6.07) is 13.3. The van der Waals surface area contributed by atoms with E-state index in [2.05, 4.69) is 10.3 Å². The second-order valence-electron chi connectivity index (χ2n) is 5.40. The van der Waals surface area contributed by atoms with E-state index in [0.717, 1.165) is 11.3 Å². The SMILES string of the molecule is COc1cccc(OC)c1C(=O)Nc1nc(-c2ccc(C)cc2)cs1. The molecule has 0 aliphatic carbocycles. The highest BCUT2D eigenvalue weighted by Crippen LogP contribution is 2.30. The van der Waals surface area contributed by atoms with E-state index in [1.54, 1.807) is 18.2 Å². The molecular formula is C19H18N2O3S. The van der Waals surface area contributed by atoms with Gasteiger partial charge in [-0.1, -0.05) is 35.9 Å². The lowest BCUT2D eigenvalue weighted by Gasteiger charge is -2.11. The van der Waals surface area contributed by atoms with Crippen LogP contribution in [0, 0.1) is 6.92 Å². The third-order valence-corrected chi connectivity index (χ3v) is 4.48. The molecule has 5 nitrogen and oxygen atoms in total. The van der Waals surface area contributed by atoms with Gasteiger partial charge in [0.05, 0.1) is 19.9 Å². The summed E-state index contributed by atoms with van der Waals surface area (Å²) in [5, 5.41) is 5.26. The van der Waals surface area contributed by atoms with Crippen LogP contribution in [0.15, 0.2) is 47.8 Å². The summed E-state index contributed by atoms with van der Waals surface area (Å²) in [5.74, 6) is 0.582. The molecule has 3 aromatic rings. The van der Waals surface area contributed by atoms with Crippen molar-refractivity contribution in [3.8, 4) is 22.8 Å². The van der Waals surface area contributed by atoms with Gasteiger partial charge in [0.15, 0.2) is 5.13 Å². The first kappa shape index (κ1) is 17.0. The molecule has 0 atom stereocenters. The molecule has 3 rings (SSSR count). The molecular weight excluding hydrogens is 336 g/mol. The fraction of sp³-hybridized carbons (Fsp3) is 0.158. The van der Waals surface area contributed by atoms with Crippen LogP contribution in [-0.2, 0) is 0 Å². The summed E-state index contributed by atoms with van der Waals surface area (Å²) in [4.78, 5) is 17.2. The van der Waals surface area contributed by atoms with Gasteiger partial charge < -0.3 is 9.47 Å². The van der Waals surface area contributed by atoms with E-state index in [0.29, 0.717) is 22.2 Å². The molecule has 25 heavy (non-hydrogen) atoms. The van der Waals surface area contributed by atoms with Crippen molar-refractivity contribution in [2.24, 2.45) is 0 Å². The Morgan fingerprint density at radius 3 is 2.28 bits per heavy atom. The van der Waals surface area contributed by atoms with Gasteiger partial charge in [0.2, 0.25) is 0 Å². The summed E-state index contributed by atoms with van der Waals surface area (Å²) < 4.78 is 10.5. The number of ether oxygens (including phenoxy) is 2. The van der Waals surface area contributed by atoms with Crippen LogP contribution in [0.5, 0.6) is 11.5 Å². The van der Waals surface area contributed by atoms with Gasteiger partial charge >= 0.3 is 0 Å². The van der Waals surface area contributed by atoms with Gasteiger partial charge in [-0.25, -0.2) is 4.98 Å². The number of carbonyl (C=O) groups is 1. The average molecular weight is 354 g/mol. The van der Waals surface area contributed by atoms with Crippen LogP contribution >= 0.6 is 11.3 Å². The number of aryl methyl sites for hydroxylation is 1. The predicted octanol–water partition coefficient (Wildman–Crippen LogP) is 4.39. The predicted molar refractivity (Wildman–Crippen MR) is 99.8 cm³/mol. The first-order valence-corrected chi connectivity index (χ1v) is 8.55. The first-order valence-electron chi connectivity index (χ1n) is 7.67. The van der Waals surface area contributed by atoms with Gasteiger partial charge in [-0.3, -0.25) is 10.1 Å². The number of nitrogens with one attached hydrogen (secondary N) is 1. The number of carbonyl (C=O) groups excluding carboxylic acids is 1. The Kier molecular flexibility index (Phi) is 5.00. The van der Waals surface area contributed by atoms with Crippen LogP contribution in [-0.4, -0.2) is 25.1 Å². The van der Waals surface area contributed by atoms with Gasteiger partial charge in [-0.2, -0.15) is 0 Å². The maximum Gasteiger partial charge on any atom is 0.265 e. The molecule has 6 heteroatoms. The minimum absolute atomic E-state index is 0.320. The third-order valence-electron chi connectivity index (χ3n) is 3.73. The Hall–Kier alpha value is -2.86. The van der Waals surface area contributed by atoms with Crippen LogP contribution in [0.25, 0.3) is 11.3 Å². The topological polar surface area (TPSA) is 60.5 Å². The molecule has 1 aromatic heterocycles. The molecule has 0 saturated carbocycles. The fourth-order valence-electron chi connectivity index (χ4n) is 2.42. The average Bonchev–Trinajstić information content (AvgIpc) is 3.09. The number of hydrogen-bond donors (Lipinski definition) is 1. The number of aromatic nitrogens is 1. The summed E-state index contributed by atoms with van der Waals surface area (Å²) in [6.45, 7) is 2.04. The Balaban J connectivity index is 1.84. The zero-order chi connectivity index (χ0) is 17.8. The Morgan fingerprint density at radius 2 is 1.68 bits per heavy atom. The number of anilines is 1. The van der Waals surface area contributed by atoms with Crippen LogP contribution in [0.4, 0.5) is 5.13 Å². The summed E-state index contributed by atoms with van der Waals surface area (Å²) in [5.41, 5.74) is 3.37. The van der Waals surface area contributed by atoms with Gasteiger partial charge in [-0.15, -0.1) is 11.3 Å². The van der Waals surface area contributed by atoms with Crippen molar-refractivity contribution in [3.63, 3.8) is 0 Å². The van der Waals surface area contributed by atoms with Gasteiger partial charge in [0, 0.05) is 10.9 Å². The van der Waals surface area contributed by atoms with Crippen molar-refractivity contribution >= 4 is 22.4 Å². The molecule has 0 fully saturated rings. The Bertz CT molecular complexity index is 866. The van der Waals surface area contributed by atoms with E-state index in [1.165, 1.54) is 31.1 Å². The molecule has 0 aliphatic heterocycles. The van der Waals surface area contributed by atoms with E-state index < -0.39 is 0 Å². The number of benzene rings is 2. The minimum atomic E-state index is -0.320. The second-order valence-corrected chi connectivity index (χ2v) is 6.25. The highest BCUT2D eigenvalue weighted by atomic mass is 32.1. The number of thiazole rings is 1. The van der Waals surface area contributed by atoms with Gasteiger partial charge in [0.1, 0.15) is 17.1 Å². The Morgan fingerprint density at radius 1 is 1.04 bits per heavy atom. The number of hydrogen-bond acceptors (Lipinski definition) is 5. The van der Waals surface area contributed by atoms with Gasteiger partial charge in [0.25, 0.3) is 5.91 Å². The van der Waals surface area contributed by atoms with Crippen LogP contribution in [0.2, 0.25) is 0 Å². The normalized spacial score (nSPS) is 10.4. The van der Waals surface area contributed by atoms with Crippen molar-refractivity contribution in [3.05, 3.63) is 59.0 Å². The second kappa shape index (κ2) is 7.36. The minimum Gasteiger partial charge on any atom is -0.496 e. The zero-order valence-electron chi connectivity index (χ0n) is 14.2. The van der Waals surface area contributed by atoms with E-state index in [9.17, 15) is 4.79 Å². The number of rotatable bonds is 5. The maximum absolute atomic E-state index is 12.7. The molecule has 0 radical (unpaired) electrons. The van der Waals surface area contributed by atoms with E-state index in [4.69, 9.17) is 9.47 Å². The molecule has 1 heterocycles. The summed E-state index contributed by atoms with van der Waals surface area (Å²) in [6.07, 6.45) is 0. The summed E-state index contributed by atoms with van der Waals surface area (Å²) in [7, 11) is 3.04. The van der Waals surface area contributed by atoms with E-state index in [1.807, 2.05) is 36.6 Å². The molecule has 128 valence electrons. The molecule has 0 aliphatic rings. The van der Waals surface area contributed by atoms with Gasteiger partial charge in [-0.05, 0) is 19.1 Å². The van der Waals surface area contributed by atoms with Crippen molar-refractivity contribution < 1.29 is 14.3 Å². The smallest absolute Gasteiger partial charge is 0.265 e. The van der Waals surface area contributed by atoms with Crippen molar-refractivity contribution in [1.82, 2.24) is 4.98 Å². The third kappa shape index (κ3) is 3.64. The largest absolute Gasteiger partial charge is 0.496 e. The summed E-state index contributed by atoms with van der Waals surface area (Å²) >= 11 is 1.37. The zero-order valence-corrected chi connectivity index (χ0v) is 15.0. The molecule has 0 unspecified atom stereocenters. The van der Waals surface area contributed by atoms with Crippen LogP contribution in [0.3, 0.4) is 0 Å². The molecule has 0 saturated heterocycles. The van der Waals surface area contributed by atoms with Crippen molar-refractivity contribution in [2.45, 2.75) is 6.92 Å². The number of methoxy groups -OCH3 is 2. The lowest BCUT2D eigenvalue weighted by atomic mass is 10.1. The van der Waals surface area contributed by atoms with E-state index >= 15 is 0 Å². The molecule has 1 N–H and O–H groups in total. The molecule has 2 aromatic carbocycles. The van der Waals surface area contributed by atoms with Crippen molar-refractivity contribution in [1.29, 1.82) is 0 Å². The lowest BCUT2D eigenvalue weighted by molar-refractivity contribution is 0.102. The molecule has 1 amide bonds. The fourth-order valence-corrected chi connectivity index (χ4v) is 3.14. The monoisotopic (exact) mass is 354 g/mol. The maximum atomic E-state index is 12.7. The van der Waals surface area contributed by atoms with Crippen molar-refractivity contribution in [2.75, 3.05) is 19.5 Å². The van der Waals surface area contributed by atoms with E-state index in [-0.39, 0.29) is 5.91 Å². The molecule has 0 spiro atoms.